The average Bonchev–Trinajstić information content (AvgIpc) is 3.08. The molecule has 116 valence electrons. The lowest BCUT2D eigenvalue weighted by Gasteiger charge is -2.01. The van der Waals surface area contributed by atoms with Crippen LogP contribution >= 0.6 is 0 Å². The summed E-state index contributed by atoms with van der Waals surface area (Å²) in [7, 11) is 0. The van der Waals surface area contributed by atoms with Crippen molar-refractivity contribution in [2.45, 2.75) is 6.54 Å². The van der Waals surface area contributed by atoms with Gasteiger partial charge in [-0.3, -0.25) is 4.98 Å². The summed E-state index contributed by atoms with van der Waals surface area (Å²) >= 11 is 0. The third kappa shape index (κ3) is 2.74. The molecule has 7 heteroatoms. The molecule has 4 rings (SSSR count). The topological polar surface area (TPSA) is 81.2 Å². The molecule has 1 aromatic carbocycles. The van der Waals surface area contributed by atoms with E-state index >= 15 is 0 Å². The minimum absolute atomic E-state index is 0.473. The van der Waals surface area contributed by atoms with Crippen LogP contribution in [0.25, 0.3) is 16.7 Å². The summed E-state index contributed by atoms with van der Waals surface area (Å²) in [6.45, 7) is 0.473. The zero-order valence-electron chi connectivity index (χ0n) is 12.7. The van der Waals surface area contributed by atoms with Crippen LogP contribution in [0.1, 0.15) is 5.56 Å². The Labute approximate surface area is 137 Å². The van der Waals surface area contributed by atoms with Crippen molar-refractivity contribution in [2.75, 3.05) is 0 Å². The van der Waals surface area contributed by atoms with Crippen LogP contribution in [0.5, 0.6) is 0 Å². The standard InChI is InChI=1S/C17H13N7/c1-2-4-14(5-3-1)24-17-15(11-22-24)16(19-12-20-17)23-21-10-13-6-8-18-9-7-13/h1-9,11-12H,10H2. The first-order chi connectivity index (χ1) is 11.9. The largest absolute Gasteiger partial charge is 0.265 e. The van der Waals surface area contributed by atoms with Gasteiger partial charge in [0.2, 0.25) is 0 Å². The number of rotatable bonds is 4. The van der Waals surface area contributed by atoms with Gasteiger partial charge in [-0.1, -0.05) is 18.2 Å². The first-order valence-corrected chi connectivity index (χ1v) is 7.42. The summed E-state index contributed by atoms with van der Waals surface area (Å²) in [6.07, 6.45) is 6.66. The third-order valence-electron chi connectivity index (χ3n) is 3.51. The maximum Gasteiger partial charge on any atom is 0.188 e. The molecule has 0 aliphatic rings. The van der Waals surface area contributed by atoms with E-state index < -0.39 is 0 Å². The lowest BCUT2D eigenvalue weighted by molar-refractivity contribution is 0.894. The second kappa shape index (κ2) is 6.33. The van der Waals surface area contributed by atoms with Crippen LogP contribution in [0, 0.1) is 0 Å². The smallest absolute Gasteiger partial charge is 0.188 e. The molecule has 0 atom stereocenters. The van der Waals surface area contributed by atoms with Crippen LogP contribution in [0.15, 0.2) is 77.6 Å². The predicted octanol–water partition coefficient (Wildman–Crippen LogP) is 3.49. The van der Waals surface area contributed by atoms with Crippen molar-refractivity contribution >= 4 is 16.9 Å². The van der Waals surface area contributed by atoms with Gasteiger partial charge in [-0.2, -0.15) is 10.2 Å². The molecule has 0 radical (unpaired) electrons. The minimum Gasteiger partial charge on any atom is -0.265 e. The van der Waals surface area contributed by atoms with Crippen molar-refractivity contribution < 1.29 is 0 Å². The van der Waals surface area contributed by atoms with Crippen molar-refractivity contribution in [2.24, 2.45) is 10.2 Å². The van der Waals surface area contributed by atoms with Crippen molar-refractivity contribution in [1.29, 1.82) is 0 Å². The molecule has 3 aromatic heterocycles. The number of para-hydroxylation sites is 1. The Balaban J connectivity index is 1.66. The van der Waals surface area contributed by atoms with Gasteiger partial charge < -0.3 is 0 Å². The molecule has 0 spiro atoms. The maximum absolute atomic E-state index is 4.40. The normalized spacial score (nSPS) is 11.3. The number of aromatic nitrogens is 5. The molecule has 0 saturated heterocycles. The zero-order valence-corrected chi connectivity index (χ0v) is 12.7. The van der Waals surface area contributed by atoms with Gasteiger partial charge in [0.1, 0.15) is 6.33 Å². The number of azo groups is 1. The molecule has 7 nitrogen and oxygen atoms in total. The summed E-state index contributed by atoms with van der Waals surface area (Å²) in [5.41, 5.74) is 2.68. The average molecular weight is 315 g/mol. The van der Waals surface area contributed by atoms with Crippen LogP contribution < -0.4 is 0 Å². The Kier molecular flexibility index (Phi) is 3.73. The molecule has 0 unspecified atom stereocenters. The van der Waals surface area contributed by atoms with Gasteiger partial charge in [0.05, 0.1) is 23.8 Å². The van der Waals surface area contributed by atoms with Gasteiger partial charge in [-0.25, -0.2) is 14.6 Å². The van der Waals surface area contributed by atoms with Crippen LogP contribution in [-0.4, -0.2) is 24.7 Å². The molecule has 24 heavy (non-hydrogen) atoms. The van der Waals surface area contributed by atoms with E-state index in [1.807, 2.05) is 42.5 Å². The van der Waals surface area contributed by atoms with E-state index in [1.54, 1.807) is 23.3 Å². The van der Waals surface area contributed by atoms with Crippen molar-refractivity contribution in [1.82, 2.24) is 24.7 Å². The van der Waals surface area contributed by atoms with Gasteiger partial charge >= 0.3 is 0 Å². The summed E-state index contributed by atoms with van der Waals surface area (Å²) in [5, 5.41) is 13.6. The fourth-order valence-electron chi connectivity index (χ4n) is 2.34. The Bertz CT molecular complexity index is 978. The Hall–Kier alpha value is -3.48. The number of nitrogens with zero attached hydrogens (tertiary/aromatic N) is 7. The third-order valence-corrected chi connectivity index (χ3v) is 3.51. The molecule has 0 aliphatic heterocycles. The van der Waals surface area contributed by atoms with Crippen LogP contribution in [0.4, 0.5) is 5.82 Å². The number of hydrogen-bond acceptors (Lipinski definition) is 6. The van der Waals surface area contributed by atoms with E-state index in [1.165, 1.54) is 6.33 Å². The van der Waals surface area contributed by atoms with E-state index in [-0.39, 0.29) is 0 Å². The first kappa shape index (κ1) is 14.1. The fourth-order valence-corrected chi connectivity index (χ4v) is 2.34. The molecule has 0 bridgehead atoms. The molecule has 0 N–H and O–H groups in total. The number of fused-ring (bicyclic) bond motifs is 1. The monoisotopic (exact) mass is 315 g/mol. The van der Waals surface area contributed by atoms with E-state index in [0.29, 0.717) is 18.0 Å². The van der Waals surface area contributed by atoms with E-state index in [9.17, 15) is 0 Å². The van der Waals surface area contributed by atoms with E-state index in [4.69, 9.17) is 0 Å². The van der Waals surface area contributed by atoms with E-state index in [0.717, 1.165) is 16.6 Å². The summed E-state index contributed by atoms with van der Waals surface area (Å²) in [6, 6.07) is 13.6. The Morgan fingerprint density at radius 2 is 1.79 bits per heavy atom. The first-order valence-electron chi connectivity index (χ1n) is 7.42. The lowest BCUT2D eigenvalue weighted by atomic mass is 10.3. The maximum atomic E-state index is 4.40. The molecular weight excluding hydrogens is 302 g/mol. The van der Waals surface area contributed by atoms with Gasteiger partial charge in [-0.05, 0) is 29.8 Å². The lowest BCUT2D eigenvalue weighted by Crippen LogP contribution is -1.96. The highest BCUT2D eigenvalue weighted by molar-refractivity contribution is 5.85. The SMILES string of the molecule is c1ccc(-n2ncc3c(N=NCc4ccncc4)ncnc32)cc1. The Morgan fingerprint density at radius 3 is 2.62 bits per heavy atom. The quantitative estimate of drug-likeness (QED) is 0.540. The van der Waals surface area contributed by atoms with Crippen LogP contribution in [0.3, 0.4) is 0 Å². The van der Waals surface area contributed by atoms with Crippen molar-refractivity contribution in [3.05, 3.63) is 72.9 Å². The minimum atomic E-state index is 0.473. The van der Waals surface area contributed by atoms with E-state index in [2.05, 4.69) is 30.3 Å². The van der Waals surface area contributed by atoms with Gasteiger partial charge in [0.25, 0.3) is 0 Å². The predicted molar refractivity (Wildman–Crippen MR) is 89.1 cm³/mol. The zero-order chi connectivity index (χ0) is 16.2. The highest BCUT2D eigenvalue weighted by Gasteiger charge is 2.10. The van der Waals surface area contributed by atoms with Crippen molar-refractivity contribution in [3.63, 3.8) is 0 Å². The molecule has 0 amide bonds. The molecule has 0 fully saturated rings. The van der Waals surface area contributed by atoms with Crippen LogP contribution in [0.2, 0.25) is 0 Å². The fraction of sp³-hybridized carbons (Fsp3) is 0.0588. The molecular formula is C17H13N7. The summed E-state index contributed by atoms with van der Waals surface area (Å²) < 4.78 is 1.76. The Morgan fingerprint density at radius 1 is 0.958 bits per heavy atom. The van der Waals surface area contributed by atoms with Gasteiger partial charge in [0, 0.05) is 12.4 Å². The highest BCUT2D eigenvalue weighted by atomic mass is 15.3. The van der Waals surface area contributed by atoms with Crippen LogP contribution in [-0.2, 0) is 6.54 Å². The second-order valence-corrected chi connectivity index (χ2v) is 5.08. The number of hydrogen-bond donors (Lipinski definition) is 0. The highest BCUT2D eigenvalue weighted by Crippen LogP contribution is 2.23. The molecule has 0 saturated carbocycles. The summed E-state index contributed by atoms with van der Waals surface area (Å²) in [4.78, 5) is 12.5. The van der Waals surface area contributed by atoms with Gasteiger partial charge in [0.15, 0.2) is 11.5 Å². The number of pyridine rings is 1. The second-order valence-electron chi connectivity index (χ2n) is 5.08. The molecule has 0 aliphatic carbocycles. The van der Waals surface area contributed by atoms with Gasteiger partial charge in [-0.15, -0.1) is 5.11 Å². The van der Waals surface area contributed by atoms with Crippen molar-refractivity contribution in [3.8, 4) is 5.69 Å². The number of benzene rings is 1. The molecule has 3 heterocycles. The molecule has 4 aromatic rings. The summed E-state index contributed by atoms with van der Waals surface area (Å²) in [5.74, 6) is 0.510.